The van der Waals surface area contributed by atoms with Gasteiger partial charge in [0.15, 0.2) is 0 Å². The summed E-state index contributed by atoms with van der Waals surface area (Å²) in [6, 6.07) is 14.7. The summed E-state index contributed by atoms with van der Waals surface area (Å²) in [5.41, 5.74) is 1.81. The van der Waals surface area contributed by atoms with Crippen molar-refractivity contribution in [2.75, 3.05) is 25.6 Å². The lowest BCUT2D eigenvalue weighted by molar-refractivity contribution is -0.141. The Kier molecular flexibility index (Phi) is 9.52. The molecule has 2 amide bonds. The Morgan fingerprint density at radius 3 is 2.09 bits per heavy atom. The van der Waals surface area contributed by atoms with Crippen LogP contribution in [-0.4, -0.2) is 54.6 Å². The van der Waals surface area contributed by atoms with Crippen LogP contribution in [0.5, 0.6) is 11.5 Å². The van der Waals surface area contributed by atoms with Gasteiger partial charge in [-0.2, -0.15) is 0 Å². The summed E-state index contributed by atoms with van der Waals surface area (Å²) in [4.78, 5) is 36.8. The minimum absolute atomic E-state index is 0.210. The molecule has 0 aliphatic heterocycles. The van der Waals surface area contributed by atoms with Gasteiger partial charge in [0, 0.05) is 18.8 Å². The van der Waals surface area contributed by atoms with Crippen LogP contribution in [-0.2, 0) is 14.4 Å². The summed E-state index contributed by atoms with van der Waals surface area (Å²) in [6.07, 6.45) is 3.97. The van der Waals surface area contributed by atoms with Gasteiger partial charge in [-0.3, -0.25) is 14.4 Å². The lowest BCUT2D eigenvalue weighted by atomic mass is 10.0. The number of ether oxygens (including phenoxy) is 2. The second-order valence-corrected chi connectivity index (χ2v) is 9.04. The zero-order chi connectivity index (χ0) is 25.2. The van der Waals surface area contributed by atoms with Crippen molar-refractivity contribution < 1.29 is 29.0 Å². The molecular weight excluding hydrogens is 448 g/mol. The first-order valence-corrected chi connectivity index (χ1v) is 12.0. The number of rotatable bonds is 13. The number of benzene rings is 2. The Labute approximate surface area is 206 Å². The van der Waals surface area contributed by atoms with Crippen molar-refractivity contribution in [2.45, 2.75) is 45.1 Å². The van der Waals surface area contributed by atoms with Crippen molar-refractivity contribution in [3.05, 3.63) is 54.1 Å². The van der Waals surface area contributed by atoms with Crippen LogP contribution in [0.1, 0.15) is 37.7 Å². The number of carbonyl (C=O) groups excluding carboxylic acids is 2. The first-order valence-electron chi connectivity index (χ1n) is 12.0. The first kappa shape index (κ1) is 26.1. The molecule has 0 heterocycles. The lowest BCUT2D eigenvalue weighted by Crippen LogP contribution is -2.39. The number of nitrogens with zero attached hydrogens (tertiary/aromatic N) is 1. The number of unbranched alkanes of at least 4 members (excludes halogenated alkanes) is 2. The Hall–Kier alpha value is -3.55. The molecule has 8 heteroatoms. The fourth-order valence-corrected chi connectivity index (χ4v) is 4.29. The van der Waals surface area contributed by atoms with Crippen molar-refractivity contribution in [3.8, 4) is 11.5 Å². The molecule has 0 bridgehead atoms. The first-order chi connectivity index (χ1) is 16.9. The number of carboxylic acid groups (broad SMARTS) is 1. The maximum atomic E-state index is 12.8. The number of anilines is 1. The molecule has 3 unspecified atom stereocenters. The van der Waals surface area contributed by atoms with Crippen LogP contribution in [0.15, 0.2) is 48.5 Å². The number of carbonyl (C=O) groups is 3. The maximum Gasteiger partial charge on any atom is 0.306 e. The summed E-state index contributed by atoms with van der Waals surface area (Å²) in [5.74, 6) is -0.830. The van der Waals surface area contributed by atoms with Crippen LogP contribution in [0.4, 0.5) is 5.69 Å². The van der Waals surface area contributed by atoms with E-state index in [9.17, 15) is 19.5 Å². The molecular formula is C27H34N2O6. The van der Waals surface area contributed by atoms with Gasteiger partial charge in [-0.05, 0) is 75.4 Å². The zero-order valence-corrected chi connectivity index (χ0v) is 20.3. The Morgan fingerprint density at radius 1 is 0.971 bits per heavy atom. The summed E-state index contributed by atoms with van der Waals surface area (Å²) in [6.45, 7) is 3.32. The monoisotopic (exact) mass is 482 g/mol. The average molecular weight is 483 g/mol. The number of hydrogen-bond acceptors (Lipinski definition) is 5. The molecule has 0 aromatic heterocycles. The van der Waals surface area contributed by atoms with Gasteiger partial charge in [-0.15, -0.1) is 0 Å². The van der Waals surface area contributed by atoms with Gasteiger partial charge < -0.3 is 24.8 Å². The predicted molar refractivity (Wildman–Crippen MR) is 133 cm³/mol. The van der Waals surface area contributed by atoms with E-state index in [1.807, 2.05) is 31.2 Å². The minimum Gasteiger partial charge on any atom is -0.494 e. The number of amides is 2. The normalized spacial score (nSPS) is 19.1. The van der Waals surface area contributed by atoms with Gasteiger partial charge in [0.2, 0.25) is 12.3 Å². The van der Waals surface area contributed by atoms with E-state index in [-0.39, 0.29) is 18.7 Å². The lowest BCUT2D eigenvalue weighted by Gasteiger charge is -2.25. The van der Waals surface area contributed by atoms with Crippen LogP contribution >= 0.6 is 0 Å². The van der Waals surface area contributed by atoms with Crippen LogP contribution < -0.4 is 14.8 Å². The number of carboxylic acids is 1. The summed E-state index contributed by atoms with van der Waals surface area (Å²) >= 11 is 0. The molecule has 1 fully saturated rings. The molecule has 2 aromatic rings. The molecule has 2 aromatic carbocycles. The Morgan fingerprint density at radius 2 is 1.54 bits per heavy atom. The van der Waals surface area contributed by atoms with Crippen molar-refractivity contribution >= 4 is 24.0 Å². The van der Waals surface area contributed by atoms with E-state index >= 15 is 0 Å². The van der Waals surface area contributed by atoms with E-state index in [0.29, 0.717) is 31.1 Å². The SMILES string of the molecule is Cc1ccc(OCCCCCOc2ccc(NC(=O)C3CC(C(=O)O)CC3N(C)C=O)cc2)cc1. The zero-order valence-electron chi connectivity index (χ0n) is 20.3. The van der Waals surface area contributed by atoms with Crippen LogP contribution in [0.2, 0.25) is 0 Å². The minimum atomic E-state index is -0.940. The van der Waals surface area contributed by atoms with Crippen molar-refractivity contribution in [1.29, 1.82) is 0 Å². The molecule has 3 rings (SSSR count). The molecule has 0 saturated heterocycles. The van der Waals surface area contributed by atoms with Gasteiger partial charge >= 0.3 is 5.97 Å². The predicted octanol–water partition coefficient (Wildman–Crippen LogP) is 4.13. The smallest absolute Gasteiger partial charge is 0.306 e. The topological polar surface area (TPSA) is 105 Å². The number of hydrogen-bond donors (Lipinski definition) is 2. The van der Waals surface area contributed by atoms with Gasteiger partial charge in [0.1, 0.15) is 11.5 Å². The van der Waals surface area contributed by atoms with E-state index in [0.717, 1.165) is 25.0 Å². The maximum absolute atomic E-state index is 12.8. The second-order valence-electron chi connectivity index (χ2n) is 9.04. The highest BCUT2D eigenvalue weighted by atomic mass is 16.5. The van der Waals surface area contributed by atoms with Crippen molar-refractivity contribution in [2.24, 2.45) is 11.8 Å². The molecule has 1 saturated carbocycles. The number of nitrogens with one attached hydrogen (secondary N) is 1. The quantitative estimate of drug-likeness (QED) is 0.329. The van der Waals surface area contributed by atoms with E-state index in [1.165, 1.54) is 10.5 Å². The molecule has 1 aliphatic rings. The summed E-state index contributed by atoms with van der Waals surface area (Å²) in [7, 11) is 1.57. The van der Waals surface area contributed by atoms with E-state index in [4.69, 9.17) is 9.47 Å². The van der Waals surface area contributed by atoms with Gasteiger partial charge in [-0.1, -0.05) is 17.7 Å². The molecule has 1 aliphatic carbocycles. The fraction of sp³-hybridized carbons (Fsp3) is 0.444. The summed E-state index contributed by atoms with van der Waals surface area (Å²) < 4.78 is 11.5. The highest BCUT2D eigenvalue weighted by Crippen LogP contribution is 2.35. The fourth-order valence-electron chi connectivity index (χ4n) is 4.29. The van der Waals surface area contributed by atoms with E-state index in [2.05, 4.69) is 5.32 Å². The van der Waals surface area contributed by atoms with Crippen LogP contribution in [0.3, 0.4) is 0 Å². The van der Waals surface area contributed by atoms with Crippen molar-refractivity contribution in [1.82, 2.24) is 4.90 Å². The third-order valence-corrected chi connectivity index (χ3v) is 6.37. The molecule has 2 N–H and O–H groups in total. The van der Waals surface area contributed by atoms with Crippen LogP contribution in [0, 0.1) is 18.8 Å². The largest absolute Gasteiger partial charge is 0.494 e. The highest BCUT2D eigenvalue weighted by molar-refractivity contribution is 5.94. The van der Waals surface area contributed by atoms with Crippen molar-refractivity contribution in [3.63, 3.8) is 0 Å². The third-order valence-electron chi connectivity index (χ3n) is 6.37. The molecule has 0 spiro atoms. The van der Waals surface area contributed by atoms with Gasteiger partial charge in [-0.25, -0.2) is 0 Å². The average Bonchev–Trinajstić information content (AvgIpc) is 3.31. The number of aliphatic carboxylic acids is 1. The number of aryl methyl sites for hydroxylation is 1. The molecule has 8 nitrogen and oxygen atoms in total. The molecule has 188 valence electrons. The second kappa shape index (κ2) is 12.8. The van der Waals surface area contributed by atoms with E-state index < -0.39 is 23.8 Å². The Balaban J connectivity index is 1.37. The highest BCUT2D eigenvalue weighted by Gasteiger charge is 2.43. The van der Waals surface area contributed by atoms with Gasteiger partial charge in [0.25, 0.3) is 0 Å². The third kappa shape index (κ3) is 7.73. The molecule has 35 heavy (non-hydrogen) atoms. The Bertz CT molecular complexity index is 976. The molecule has 0 radical (unpaired) electrons. The standard InChI is InChI=1S/C27H34N2O6/c1-19-6-10-22(11-7-19)34-14-4-3-5-15-35-23-12-8-21(9-13-23)28-26(31)24-16-20(27(32)33)17-25(24)29(2)18-30/h6-13,18,20,24-25H,3-5,14-17H2,1-2H3,(H,28,31)(H,32,33). The molecule has 3 atom stereocenters. The van der Waals surface area contributed by atoms with Gasteiger partial charge in [0.05, 0.1) is 25.0 Å². The van der Waals surface area contributed by atoms with Crippen LogP contribution in [0.25, 0.3) is 0 Å². The van der Waals surface area contributed by atoms with E-state index in [1.54, 1.807) is 31.3 Å². The summed E-state index contributed by atoms with van der Waals surface area (Å²) in [5, 5.41) is 12.2.